The predicted molar refractivity (Wildman–Crippen MR) is 131 cm³/mol. The maximum Gasteiger partial charge on any atom is 0.273 e. The summed E-state index contributed by atoms with van der Waals surface area (Å²) in [5.41, 5.74) is -0.109. The van der Waals surface area contributed by atoms with E-state index in [4.69, 9.17) is 11.6 Å². The number of amides is 1. The summed E-state index contributed by atoms with van der Waals surface area (Å²) in [6.07, 6.45) is 5.62. The van der Waals surface area contributed by atoms with Crippen molar-refractivity contribution in [1.82, 2.24) is 14.9 Å². The summed E-state index contributed by atoms with van der Waals surface area (Å²) in [6.45, 7) is 3.87. The summed E-state index contributed by atoms with van der Waals surface area (Å²) in [4.78, 5) is 17.2. The van der Waals surface area contributed by atoms with Crippen LogP contribution in [0.3, 0.4) is 0 Å². The van der Waals surface area contributed by atoms with Crippen molar-refractivity contribution in [1.29, 1.82) is 0 Å². The zero-order valence-corrected chi connectivity index (χ0v) is 21.5. The molecular formula is C24H33ClFN3O4S. The third-order valence-corrected chi connectivity index (χ3v) is 8.57. The number of sulfone groups is 1. The highest BCUT2D eigenvalue weighted by Gasteiger charge is 2.37. The summed E-state index contributed by atoms with van der Waals surface area (Å²) in [7, 11) is -3.16. The van der Waals surface area contributed by atoms with E-state index in [1.165, 1.54) is 16.9 Å². The lowest BCUT2D eigenvalue weighted by Gasteiger charge is -2.35. The number of unbranched alkanes of at least 4 members (excludes halogenated alkanes) is 1. The molecule has 2 aromatic rings. The third kappa shape index (κ3) is 5.98. The van der Waals surface area contributed by atoms with Crippen molar-refractivity contribution in [3.63, 3.8) is 0 Å². The fraction of sp³-hybridized carbons (Fsp3) is 0.583. The number of aromatic nitrogens is 2. The number of aryl methyl sites for hydroxylation is 2. The zero-order valence-electron chi connectivity index (χ0n) is 19.9. The number of rotatable bonds is 9. The number of hydrogen-bond acceptors (Lipinski definition) is 5. The van der Waals surface area contributed by atoms with Gasteiger partial charge in [0.1, 0.15) is 26.6 Å². The van der Waals surface area contributed by atoms with Crippen LogP contribution in [0.5, 0.6) is 0 Å². The van der Waals surface area contributed by atoms with Gasteiger partial charge in [0, 0.05) is 19.2 Å². The Kier molecular flexibility index (Phi) is 8.42. The normalized spacial score (nSPS) is 20.9. The number of halogens is 2. The topological polar surface area (TPSA) is 101 Å². The first-order valence-corrected chi connectivity index (χ1v) is 14.1. The van der Waals surface area contributed by atoms with Crippen LogP contribution in [0.2, 0.25) is 5.15 Å². The van der Waals surface area contributed by atoms with E-state index >= 15 is 0 Å². The Morgan fingerprint density at radius 1 is 1.32 bits per heavy atom. The van der Waals surface area contributed by atoms with Crippen molar-refractivity contribution in [3.05, 3.63) is 46.3 Å². The van der Waals surface area contributed by atoms with Crippen LogP contribution in [-0.4, -0.2) is 52.6 Å². The lowest BCUT2D eigenvalue weighted by Crippen LogP contribution is -2.47. The van der Waals surface area contributed by atoms with Crippen LogP contribution < -0.4 is 5.32 Å². The molecule has 0 radical (unpaired) electrons. The van der Waals surface area contributed by atoms with Crippen LogP contribution >= 0.6 is 11.6 Å². The highest BCUT2D eigenvalue weighted by atomic mass is 35.5. The number of nitrogens with one attached hydrogen (secondary N) is 1. The smallest absolute Gasteiger partial charge is 0.273 e. The Labute approximate surface area is 205 Å². The molecule has 1 aromatic carbocycles. The van der Waals surface area contributed by atoms with Crippen molar-refractivity contribution in [3.8, 4) is 5.69 Å². The molecule has 1 saturated carbocycles. The standard InChI is InChI=1S/C24H33ClFN3O4S/c1-4-6-7-16-8-9-19(18(26)14-16)29-20(5-2)28-21(22(29)25)23(30)27-15-24(31)12-10-17(11-13-24)34(3,32)33/h8-9,14,17,31H,4-7,10-13,15H2,1-3H3,(H,27,30). The van der Waals surface area contributed by atoms with E-state index in [2.05, 4.69) is 17.2 Å². The molecule has 1 amide bonds. The minimum atomic E-state index is -3.16. The summed E-state index contributed by atoms with van der Waals surface area (Å²) < 4.78 is 39.9. The van der Waals surface area contributed by atoms with Crippen molar-refractivity contribution in [2.75, 3.05) is 12.8 Å². The maximum atomic E-state index is 14.9. The Morgan fingerprint density at radius 2 is 2.00 bits per heavy atom. The molecule has 1 aromatic heterocycles. The summed E-state index contributed by atoms with van der Waals surface area (Å²) in [5.74, 6) is -0.564. The molecule has 10 heteroatoms. The van der Waals surface area contributed by atoms with Crippen LogP contribution in [0.25, 0.3) is 5.69 Å². The first kappa shape index (κ1) is 26.6. The second-order valence-corrected chi connectivity index (χ2v) is 11.9. The van der Waals surface area contributed by atoms with Gasteiger partial charge in [-0.05, 0) is 56.2 Å². The Bertz CT molecular complexity index is 1140. The monoisotopic (exact) mass is 513 g/mol. The average molecular weight is 514 g/mol. The van der Waals surface area contributed by atoms with Crippen LogP contribution in [0.4, 0.5) is 4.39 Å². The summed E-state index contributed by atoms with van der Waals surface area (Å²) >= 11 is 6.50. The minimum absolute atomic E-state index is 0.00216. The molecule has 2 N–H and O–H groups in total. The molecule has 3 rings (SSSR count). The summed E-state index contributed by atoms with van der Waals surface area (Å²) in [6, 6.07) is 4.99. The quantitative estimate of drug-likeness (QED) is 0.527. The average Bonchev–Trinajstić information content (AvgIpc) is 3.12. The predicted octanol–water partition coefficient (Wildman–Crippen LogP) is 4.02. The van der Waals surface area contributed by atoms with Crippen LogP contribution in [-0.2, 0) is 22.7 Å². The molecule has 0 atom stereocenters. The molecule has 188 valence electrons. The highest BCUT2D eigenvalue weighted by molar-refractivity contribution is 7.91. The van der Waals surface area contributed by atoms with Gasteiger partial charge in [-0.2, -0.15) is 0 Å². The van der Waals surface area contributed by atoms with Gasteiger partial charge in [-0.15, -0.1) is 0 Å². The van der Waals surface area contributed by atoms with Crippen molar-refractivity contribution < 1.29 is 22.7 Å². The molecule has 0 bridgehead atoms. The van der Waals surface area contributed by atoms with Crippen molar-refractivity contribution in [2.45, 2.75) is 76.1 Å². The fourth-order valence-corrected chi connectivity index (χ4v) is 5.81. The molecule has 1 aliphatic carbocycles. The number of benzene rings is 1. The second-order valence-electron chi connectivity index (χ2n) is 9.18. The zero-order chi connectivity index (χ0) is 25.1. The number of carbonyl (C=O) groups is 1. The van der Waals surface area contributed by atoms with Crippen molar-refractivity contribution >= 4 is 27.3 Å². The van der Waals surface area contributed by atoms with E-state index in [0.717, 1.165) is 24.8 Å². The first-order valence-electron chi connectivity index (χ1n) is 11.7. The minimum Gasteiger partial charge on any atom is -0.388 e. The Morgan fingerprint density at radius 3 is 2.56 bits per heavy atom. The lowest BCUT2D eigenvalue weighted by atomic mass is 9.84. The molecule has 0 saturated heterocycles. The number of imidazole rings is 1. The van der Waals surface area contributed by atoms with Gasteiger partial charge < -0.3 is 10.4 Å². The van der Waals surface area contributed by atoms with Gasteiger partial charge in [0.05, 0.1) is 16.5 Å². The van der Waals surface area contributed by atoms with Gasteiger partial charge >= 0.3 is 0 Å². The van der Waals surface area contributed by atoms with E-state index in [1.54, 1.807) is 6.07 Å². The number of hydrogen-bond donors (Lipinski definition) is 2. The molecule has 1 heterocycles. The largest absolute Gasteiger partial charge is 0.388 e. The van der Waals surface area contributed by atoms with Gasteiger partial charge in [0.25, 0.3) is 5.91 Å². The van der Waals surface area contributed by atoms with Crippen LogP contribution in [0.15, 0.2) is 18.2 Å². The molecule has 0 spiro atoms. The fourth-order valence-electron chi connectivity index (χ4n) is 4.40. The first-order chi connectivity index (χ1) is 16.0. The van der Waals surface area contributed by atoms with Crippen LogP contribution in [0.1, 0.15) is 74.2 Å². The number of aliphatic hydroxyl groups is 1. The van der Waals surface area contributed by atoms with E-state index in [1.807, 2.05) is 13.0 Å². The Balaban J connectivity index is 1.76. The molecule has 34 heavy (non-hydrogen) atoms. The molecular weight excluding hydrogens is 481 g/mol. The molecule has 7 nitrogen and oxygen atoms in total. The lowest BCUT2D eigenvalue weighted by molar-refractivity contribution is 0.00607. The van der Waals surface area contributed by atoms with Gasteiger partial charge in [-0.25, -0.2) is 17.8 Å². The van der Waals surface area contributed by atoms with Crippen molar-refractivity contribution in [2.24, 2.45) is 0 Å². The molecule has 1 aliphatic rings. The van der Waals surface area contributed by atoms with Gasteiger partial charge in [0.15, 0.2) is 5.69 Å². The highest BCUT2D eigenvalue weighted by Crippen LogP contribution is 2.32. The van der Waals surface area contributed by atoms with Gasteiger partial charge in [-0.3, -0.25) is 9.36 Å². The maximum absolute atomic E-state index is 14.9. The molecule has 1 fully saturated rings. The molecule has 0 unspecified atom stereocenters. The van der Waals surface area contributed by atoms with Crippen LogP contribution in [0, 0.1) is 5.82 Å². The number of carbonyl (C=O) groups excluding carboxylic acids is 1. The van der Waals surface area contributed by atoms with E-state index < -0.39 is 32.4 Å². The Hall–Kier alpha value is -1.97. The SMILES string of the molecule is CCCCc1ccc(-n2c(CC)nc(C(=O)NCC3(O)CCC(S(C)(=O)=O)CC3)c2Cl)c(F)c1. The van der Waals surface area contributed by atoms with E-state index in [0.29, 0.717) is 25.1 Å². The second kappa shape index (κ2) is 10.7. The van der Waals surface area contributed by atoms with Gasteiger partial charge in [-0.1, -0.05) is 37.9 Å². The summed E-state index contributed by atoms with van der Waals surface area (Å²) in [5, 5.41) is 13.0. The number of nitrogens with zero attached hydrogens (tertiary/aromatic N) is 2. The van der Waals surface area contributed by atoms with E-state index in [9.17, 15) is 22.7 Å². The molecule has 0 aliphatic heterocycles. The third-order valence-electron chi connectivity index (χ3n) is 6.54. The van der Waals surface area contributed by atoms with E-state index in [-0.39, 0.29) is 35.9 Å². The van der Waals surface area contributed by atoms with Gasteiger partial charge in [0.2, 0.25) is 0 Å².